The van der Waals surface area contributed by atoms with Gasteiger partial charge in [0.25, 0.3) is 0 Å². The zero-order valence-electron chi connectivity index (χ0n) is 21.4. The van der Waals surface area contributed by atoms with E-state index in [9.17, 15) is 9.59 Å². The molecule has 0 saturated carbocycles. The molecule has 0 bridgehead atoms. The molecule has 3 aromatic rings. The highest BCUT2D eigenvalue weighted by atomic mass is 16.5. The van der Waals surface area contributed by atoms with Crippen molar-refractivity contribution in [2.24, 2.45) is 0 Å². The van der Waals surface area contributed by atoms with Gasteiger partial charge in [-0.15, -0.1) is 0 Å². The van der Waals surface area contributed by atoms with Gasteiger partial charge in [0, 0.05) is 6.92 Å². The van der Waals surface area contributed by atoms with E-state index < -0.39 is 0 Å². The fourth-order valence-electron chi connectivity index (χ4n) is 2.21. The van der Waals surface area contributed by atoms with Crippen molar-refractivity contribution >= 4 is 11.8 Å². The fourth-order valence-corrected chi connectivity index (χ4v) is 2.21. The van der Waals surface area contributed by atoms with E-state index in [4.69, 9.17) is 9.47 Å². The van der Waals surface area contributed by atoms with E-state index in [2.05, 4.69) is 0 Å². The van der Waals surface area contributed by atoms with Gasteiger partial charge >= 0.3 is 5.97 Å². The van der Waals surface area contributed by atoms with E-state index in [-0.39, 0.29) is 11.8 Å². The van der Waals surface area contributed by atoms with E-state index in [0.717, 1.165) is 12.2 Å². The molecule has 0 radical (unpaired) electrons. The molecule has 0 aliphatic heterocycles. The summed E-state index contributed by atoms with van der Waals surface area (Å²) in [5.41, 5.74) is 2.38. The number of ketones is 1. The Bertz CT molecular complexity index is 808. The zero-order chi connectivity index (χ0) is 25.5. The second-order valence-corrected chi connectivity index (χ2v) is 6.33. The van der Waals surface area contributed by atoms with E-state index in [0.29, 0.717) is 5.75 Å². The predicted octanol–water partition coefficient (Wildman–Crippen LogP) is 7.55. The molecule has 0 atom stereocenters. The number of hydrogen-bond donors (Lipinski definition) is 0. The van der Waals surface area contributed by atoms with Gasteiger partial charge in [-0.25, -0.2) is 0 Å². The molecular formula is C29H40O4. The summed E-state index contributed by atoms with van der Waals surface area (Å²) >= 11 is 0. The molecular weight excluding hydrogens is 412 g/mol. The average Bonchev–Trinajstić information content (AvgIpc) is 2.84. The molecule has 3 aromatic carbocycles. The van der Waals surface area contributed by atoms with Crippen LogP contribution in [0.3, 0.4) is 0 Å². The van der Waals surface area contributed by atoms with E-state index in [1.807, 2.05) is 100 Å². The average molecular weight is 453 g/mol. The summed E-state index contributed by atoms with van der Waals surface area (Å²) in [7, 11) is 1.66. The predicted molar refractivity (Wildman–Crippen MR) is 139 cm³/mol. The molecule has 4 nitrogen and oxygen atoms in total. The van der Waals surface area contributed by atoms with Crippen LogP contribution in [0, 0.1) is 0 Å². The van der Waals surface area contributed by atoms with Gasteiger partial charge in [-0.1, -0.05) is 88.4 Å². The van der Waals surface area contributed by atoms with Crippen molar-refractivity contribution in [3.05, 3.63) is 96.1 Å². The minimum Gasteiger partial charge on any atom is -0.497 e. The second-order valence-electron chi connectivity index (χ2n) is 6.33. The summed E-state index contributed by atoms with van der Waals surface area (Å²) < 4.78 is 10.1. The van der Waals surface area contributed by atoms with Gasteiger partial charge in [0.05, 0.1) is 7.11 Å². The van der Waals surface area contributed by atoms with Crippen LogP contribution in [0.25, 0.3) is 0 Å². The summed E-state index contributed by atoms with van der Waals surface area (Å²) in [6, 6.07) is 27.5. The summed E-state index contributed by atoms with van der Waals surface area (Å²) in [6.07, 6.45) is 0.838. The molecule has 4 heteroatoms. The van der Waals surface area contributed by atoms with Crippen LogP contribution < -0.4 is 9.47 Å². The number of esters is 1. The Hall–Kier alpha value is -3.40. The summed E-state index contributed by atoms with van der Waals surface area (Å²) in [5.74, 6) is 1.29. The van der Waals surface area contributed by atoms with Crippen molar-refractivity contribution in [3.63, 3.8) is 0 Å². The topological polar surface area (TPSA) is 52.6 Å². The van der Waals surface area contributed by atoms with Crippen LogP contribution >= 0.6 is 0 Å². The summed E-state index contributed by atoms with van der Waals surface area (Å²) in [6.45, 7) is 12.4. The van der Waals surface area contributed by atoms with Crippen LogP contribution in [0.4, 0.5) is 0 Å². The third kappa shape index (κ3) is 19.0. The van der Waals surface area contributed by atoms with Crippen LogP contribution in [0.5, 0.6) is 11.5 Å². The standard InChI is InChI=1S/C16H16O3.C6H6.C3H6O.2C2H6/c1-12(17)19-16-9-5-14(6-10-16)11-13-3-7-15(18-2)8-4-13;1-2-4-6-5-3-1;1-3(2)4;2*1-2/h3-10H,11H2,1-2H3;1-6H;1-2H3;2*1-2H3. The van der Waals surface area contributed by atoms with Gasteiger partial charge in [0.1, 0.15) is 17.3 Å². The molecule has 0 aliphatic carbocycles. The first-order chi connectivity index (χ1) is 15.9. The van der Waals surface area contributed by atoms with E-state index >= 15 is 0 Å². The Morgan fingerprint density at radius 1 is 0.606 bits per heavy atom. The number of hydrogen-bond acceptors (Lipinski definition) is 4. The summed E-state index contributed by atoms with van der Waals surface area (Å²) in [4.78, 5) is 20.3. The van der Waals surface area contributed by atoms with Crippen LogP contribution in [-0.2, 0) is 16.0 Å². The Kier molecular flexibility index (Phi) is 21.0. The lowest BCUT2D eigenvalue weighted by atomic mass is 10.0. The van der Waals surface area contributed by atoms with Gasteiger partial charge in [0.2, 0.25) is 0 Å². The van der Waals surface area contributed by atoms with Crippen molar-refractivity contribution < 1.29 is 19.1 Å². The normalized spacial score (nSPS) is 8.36. The molecule has 33 heavy (non-hydrogen) atoms. The quantitative estimate of drug-likeness (QED) is 0.303. The molecule has 0 N–H and O–H groups in total. The van der Waals surface area contributed by atoms with E-state index in [1.165, 1.54) is 31.9 Å². The molecule has 0 heterocycles. The lowest BCUT2D eigenvalue weighted by Gasteiger charge is -2.05. The SMILES string of the molecule is CC.CC.CC(C)=O.COc1ccc(Cc2ccc(OC(C)=O)cc2)cc1.c1ccccc1. The van der Waals surface area contributed by atoms with Crippen LogP contribution in [0.2, 0.25) is 0 Å². The number of carbonyl (C=O) groups excluding carboxylic acids is 2. The largest absolute Gasteiger partial charge is 0.497 e. The highest BCUT2D eigenvalue weighted by Gasteiger charge is 2.00. The minimum absolute atomic E-state index is 0.167. The van der Waals surface area contributed by atoms with Gasteiger partial charge in [-0.3, -0.25) is 4.79 Å². The fraction of sp³-hybridized carbons (Fsp3) is 0.310. The Morgan fingerprint density at radius 3 is 1.18 bits per heavy atom. The Morgan fingerprint density at radius 2 is 0.909 bits per heavy atom. The maximum atomic E-state index is 10.8. The molecule has 0 fully saturated rings. The third-order valence-corrected chi connectivity index (χ3v) is 3.42. The highest BCUT2D eigenvalue weighted by molar-refractivity contribution is 5.72. The smallest absolute Gasteiger partial charge is 0.308 e. The molecule has 0 saturated heterocycles. The molecule has 0 aromatic heterocycles. The number of ether oxygens (including phenoxy) is 2. The molecule has 0 aliphatic rings. The van der Waals surface area contributed by atoms with Gasteiger partial charge < -0.3 is 14.3 Å². The van der Waals surface area contributed by atoms with Gasteiger partial charge in [-0.05, 0) is 55.7 Å². The molecule has 0 unspecified atom stereocenters. The first-order valence-electron chi connectivity index (χ1n) is 11.3. The zero-order valence-corrected chi connectivity index (χ0v) is 21.4. The number of Topliss-reactive ketones (excluding diaryl/α,β-unsaturated/α-hetero) is 1. The monoisotopic (exact) mass is 452 g/mol. The lowest BCUT2D eigenvalue weighted by molar-refractivity contribution is -0.131. The molecule has 0 amide bonds. The van der Waals surface area contributed by atoms with Crippen LogP contribution in [0.1, 0.15) is 59.6 Å². The number of methoxy groups -OCH3 is 1. The van der Waals surface area contributed by atoms with Crippen LogP contribution in [0.15, 0.2) is 84.9 Å². The minimum atomic E-state index is -0.303. The number of carbonyl (C=O) groups is 2. The Balaban J connectivity index is 0. The lowest BCUT2D eigenvalue weighted by Crippen LogP contribution is -2.01. The molecule has 0 spiro atoms. The highest BCUT2D eigenvalue weighted by Crippen LogP contribution is 2.17. The second kappa shape index (κ2) is 21.8. The third-order valence-electron chi connectivity index (χ3n) is 3.42. The maximum absolute atomic E-state index is 10.8. The number of rotatable bonds is 4. The summed E-state index contributed by atoms with van der Waals surface area (Å²) in [5, 5.41) is 0. The molecule has 3 rings (SSSR count). The van der Waals surface area contributed by atoms with E-state index in [1.54, 1.807) is 19.2 Å². The first-order valence-corrected chi connectivity index (χ1v) is 11.3. The van der Waals surface area contributed by atoms with Gasteiger partial charge in [-0.2, -0.15) is 0 Å². The van der Waals surface area contributed by atoms with Crippen molar-refractivity contribution in [1.82, 2.24) is 0 Å². The van der Waals surface area contributed by atoms with Crippen molar-refractivity contribution in [3.8, 4) is 11.5 Å². The Labute approximate surface area is 200 Å². The van der Waals surface area contributed by atoms with Crippen molar-refractivity contribution in [2.75, 3.05) is 7.11 Å². The number of benzene rings is 3. The van der Waals surface area contributed by atoms with Crippen molar-refractivity contribution in [1.29, 1.82) is 0 Å². The molecule has 180 valence electrons. The maximum Gasteiger partial charge on any atom is 0.308 e. The van der Waals surface area contributed by atoms with Crippen LogP contribution in [-0.4, -0.2) is 18.9 Å². The van der Waals surface area contributed by atoms with Crippen molar-refractivity contribution in [2.45, 2.75) is 54.9 Å². The first kappa shape index (κ1) is 31.8. The van der Waals surface area contributed by atoms with Gasteiger partial charge in [0.15, 0.2) is 0 Å².